The summed E-state index contributed by atoms with van der Waals surface area (Å²) in [6, 6.07) is 9.54. The standard InChI is InChI=1S/C14H12N4OS/c1-18-9-10(8-15-18)7-12-13(17-14(19)20-12)16-11-5-3-2-4-6-11/h2-9H,1H3,(H,16,17,19)/b12-7-. The number of nitrogens with one attached hydrogen (secondary N) is 1. The zero-order chi connectivity index (χ0) is 13.9. The summed E-state index contributed by atoms with van der Waals surface area (Å²) in [5, 5.41) is 6.75. The number of rotatable bonds is 2. The molecule has 6 heteroatoms. The number of para-hydroxylation sites is 1. The molecule has 20 heavy (non-hydrogen) atoms. The molecule has 0 bridgehead atoms. The van der Waals surface area contributed by atoms with Gasteiger partial charge in [-0.3, -0.25) is 9.48 Å². The number of benzene rings is 1. The third-order valence-corrected chi connectivity index (χ3v) is 3.49. The van der Waals surface area contributed by atoms with Crippen molar-refractivity contribution in [1.29, 1.82) is 0 Å². The first-order chi connectivity index (χ1) is 9.70. The van der Waals surface area contributed by atoms with Gasteiger partial charge >= 0.3 is 0 Å². The molecule has 0 saturated carbocycles. The van der Waals surface area contributed by atoms with Crippen LogP contribution in [0.1, 0.15) is 5.56 Å². The van der Waals surface area contributed by atoms with E-state index in [1.165, 1.54) is 0 Å². The summed E-state index contributed by atoms with van der Waals surface area (Å²) in [6.45, 7) is 0. The van der Waals surface area contributed by atoms with Crippen molar-refractivity contribution in [3.63, 3.8) is 0 Å². The Hall–Kier alpha value is -2.34. The Morgan fingerprint density at radius 2 is 2.15 bits per heavy atom. The molecule has 0 radical (unpaired) electrons. The molecule has 0 unspecified atom stereocenters. The van der Waals surface area contributed by atoms with Gasteiger partial charge in [0.1, 0.15) is 5.84 Å². The van der Waals surface area contributed by atoms with Crippen LogP contribution in [-0.4, -0.2) is 20.9 Å². The van der Waals surface area contributed by atoms with Crippen LogP contribution in [0.15, 0.2) is 52.6 Å². The lowest BCUT2D eigenvalue weighted by molar-refractivity contribution is 0.265. The van der Waals surface area contributed by atoms with Crippen LogP contribution in [0.3, 0.4) is 0 Å². The smallest absolute Gasteiger partial charge is 0.289 e. The van der Waals surface area contributed by atoms with Gasteiger partial charge in [-0.25, -0.2) is 4.99 Å². The molecule has 0 spiro atoms. The van der Waals surface area contributed by atoms with Gasteiger partial charge in [0.25, 0.3) is 5.24 Å². The number of amidine groups is 1. The van der Waals surface area contributed by atoms with Crippen LogP contribution in [-0.2, 0) is 7.05 Å². The van der Waals surface area contributed by atoms with Crippen LogP contribution in [0.5, 0.6) is 0 Å². The molecule has 100 valence electrons. The molecule has 2 heterocycles. The van der Waals surface area contributed by atoms with E-state index in [1.807, 2.05) is 49.7 Å². The lowest BCUT2D eigenvalue weighted by Crippen LogP contribution is -2.18. The highest BCUT2D eigenvalue weighted by Gasteiger charge is 2.23. The molecule has 0 aliphatic carbocycles. The number of aromatic nitrogens is 2. The molecule has 1 fully saturated rings. The van der Waals surface area contributed by atoms with Crippen molar-refractivity contribution in [3.05, 3.63) is 53.2 Å². The zero-order valence-electron chi connectivity index (χ0n) is 10.8. The van der Waals surface area contributed by atoms with Gasteiger partial charge in [0.2, 0.25) is 0 Å². The molecule has 0 atom stereocenters. The van der Waals surface area contributed by atoms with Gasteiger partial charge in [0.05, 0.1) is 16.8 Å². The fourth-order valence-corrected chi connectivity index (χ4v) is 2.55. The van der Waals surface area contributed by atoms with Crippen LogP contribution in [0, 0.1) is 0 Å². The Kier molecular flexibility index (Phi) is 3.39. The van der Waals surface area contributed by atoms with Crippen LogP contribution in [0.4, 0.5) is 10.5 Å². The Bertz CT molecular complexity index is 703. The van der Waals surface area contributed by atoms with Crippen LogP contribution >= 0.6 is 11.8 Å². The lowest BCUT2D eigenvalue weighted by Gasteiger charge is -1.98. The SMILES string of the molecule is Cn1cc(/C=C2\SC(=O)NC2=Nc2ccccc2)cn1. The summed E-state index contributed by atoms with van der Waals surface area (Å²) in [7, 11) is 1.85. The first-order valence-corrected chi connectivity index (χ1v) is 6.86. The molecule has 1 saturated heterocycles. The average molecular weight is 284 g/mol. The van der Waals surface area contributed by atoms with Crippen molar-refractivity contribution in [3.8, 4) is 0 Å². The highest BCUT2D eigenvalue weighted by Crippen LogP contribution is 2.28. The number of hydrogen-bond acceptors (Lipinski definition) is 4. The van der Waals surface area contributed by atoms with Crippen LogP contribution in [0.25, 0.3) is 6.08 Å². The zero-order valence-corrected chi connectivity index (χ0v) is 11.6. The Morgan fingerprint density at radius 1 is 1.35 bits per heavy atom. The Labute approximate surface area is 120 Å². The molecule has 1 aliphatic heterocycles. The maximum atomic E-state index is 11.6. The van der Waals surface area contributed by atoms with Gasteiger partial charge in [-0.05, 0) is 30.0 Å². The molecule has 1 aliphatic rings. The van der Waals surface area contributed by atoms with E-state index in [0.717, 1.165) is 27.9 Å². The number of amides is 1. The molecule has 3 rings (SSSR count). The lowest BCUT2D eigenvalue weighted by atomic mass is 10.3. The summed E-state index contributed by atoms with van der Waals surface area (Å²) in [4.78, 5) is 16.8. The number of hydrogen-bond donors (Lipinski definition) is 1. The third kappa shape index (κ3) is 2.80. The monoisotopic (exact) mass is 284 g/mol. The Morgan fingerprint density at radius 3 is 2.85 bits per heavy atom. The van der Waals surface area contributed by atoms with E-state index in [1.54, 1.807) is 10.9 Å². The predicted octanol–water partition coefficient (Wildman–Crippen LogP) is 2.95. The van der Waals surface area contributed by atoms with Gasteiger partial charge in [-0.1, -0.05) is 18.2 Å². The number of carbonyl (C=O) groups excluding carboxylic acids is 1. The average Bonchev–Trinajstić information content (AvgIpc) is 2.98. The van der Waals surface area contributed by atoms with E-state index < -0.39 is 0 Å². The van der Waals surface area contributed by atoms with Crippen molar-refractivity contribution in [2.75, 3.05) is 0 Å². The topological polar surface area (TPSA) is 59.3 Å². The second-order valence-electron chi connectivity index (χ2n) is 4.27. The number of thioether (sulfide) groups is 1. The summed E-state index contributed by atoms with van der Waals surface area (Å²) in [6.07, 6.45) is 5.53. The third-order valence-electron chi connectivity index (χ3n) is 2.68. The van der Waals surface area contributed by atoms with E-state index >= 15 is 0 Å². The van der Waals surface area contributed by atoms with E-state index in [2.05, 4.69) is 15.4 Å². The minimum absolute atomic E-state index is 0.116. The highest BCUT2D eigenvalue weighted by molar-refractivity contribution is 8.18. The molecule has 2 aromatic rings. The quantitative estimate of drug-likeness (QED) is 0.922. The first kappa shape index (κ1) is 12.7. The van der Waals surface area contributed by atoms with Crippen molar-refractivity contribution in [2.24, 2.45) is 12.0 Å². The fraction of sp³-hybridized carbons (Fsp3) is 0.0714. The van der Waals surface area contributed by atoms with Crippen molar-refractivity contribution in [1.82, 2.24) is 15.1 Å². The van der Waals surface area contributed by atoms with Crippen LogP contribution in [0.2, 0.25) is 0 Å². The maximum Gasteiger partial charge on any atom is 0.289 e. The minimum Gasteiger partial charge on any atom is -0.300 e. The summed E-state index contributed by atoms with van der Waals surface area (Å²) in [5.41, 5.74) is 1.75. The van der Waals surface area contributed by atoms with Crippen LogP contribution < -0.4 is 5.32 Å². The van der Waals surface area contributed by atoms with Gasteiger partial charge in [0, 0.05) is 18.8 Å². The van der Waals surface area contributed by atoms with Gasteiger partial charge < -0.3 is 5.32 Å². The van der Waals surface area contributed by atoms with E-state index in [-0.39, 0.29) is 5.24 Å². The summed E-state index contributed by atoms with van der Waals surface area (Å²) >= 11 is 1.14. The molecular weight excluding hydrogens is 272 g/mol. The number of nitrogens with zero attached hydrogens (tertiary/aromatic N) is 3. The maximum absolute atomic E-state index is 11.6. The second-order valence-corrected chi connectivity index (χ2v) is 5.28. The molecule has 1 amide bonds. The Balaban J connectivity index is 1.95. The normalized spacial score (nSPS) is 18.8. The van der Waals surface area contributed by atoms with E-state index in [0.29, 0.717) is 5.84 Å². The summed E-state index contributed by atoms with van der Waals surface area (Å²) in [5.74, 6) is 0.579. The number of aliphatic imine (C=N–C) groups is 1. The number of carbonyl (C=O) groups is 1. The fourth-order valence-electron chi connectivity index (χ4n) is 1.81. The minimum atomic E-state index is -0.116. The molecule has 1 aromatic carbocycles. The van der Waals surface area contributed by atoms with Gasteiger partial charge in [-0.2, -0.15) is 5.10 Å². The molecule has 5 nitrogen and oxygen atoms in total. The predicted molar refractivity (Wildman–Crippen MR) is 80.8 cm³/mol. The molecule has 1 N–H and O–H groups in total. The largest absolute Gasteiger partial charge is 0.300 e. The van der Waals surface area contributed by atoms with Crippen molar-refractivity contribution < 1.29 is 4.79 Å². The van der Waals surface area contributed by atoms with E-state index in [4.69, 9.17) is 0 Å². The molecular formula is C14H12N4OS. The van der Waals surface area contributed by atoms with Crippen molar-refractivity contribution >= 4 is 34.6 Å². The van der Waals surface area contributed by atoms with E-state index in [9.17, 15) is 4.79 Å². The highest BCUT2D eigenvalue weighted by atomic mass is 32.2. The second kappa shape index (κ2) is 5.34. The van der Waals surface area contributed by atoms with Crippen molar-refractivity contribution in [2.45, 2.75) is 0 Å². The van der Waals surface area contributed by atoms with Gasteiger partial charge in [-0.15, -0.1) is 0 Å². The molecule has 1 aromatic heterocycles. The summed E-state index contributed by atoms with van der Waals surface area (Å²) < 4.78 is 1.72. The first-order valence-electron chi connectivity index (χ1n) is 6.04. The van der Waals surface area contributed by atoms with Gasteiger partial charge in [0.15, 0.2) is 0 Å². The number of aryl methyl sites for hydroxylation is 1.